The third-order valence-corrected chi connectivity index (χ3v) is 2.21. The van der Waals surface area contributed by atoms with Crippen LogP contribution in [-0.2, 0) is 0 Å². The highest BCUT2D eigenvalue weighted by Gasteiger charge is 2.11. The Morgan fingerprint density at radius 1 is 1.35 bits per heavy atom. The molecule has 0 spiro atoms. The van der Waals surface area contributed by atoms with Gasteiger partial charge in [0.25, 0.3) is 5.91 Å². The number of rotatable bonds is 6. The number of hydrogen-bond donors (Lipinski definition) is 3. The summed E-state index contributed by atoms with van der Waals surface area (Å²) in [6.45, 7) is 4.04. The van der Waals surface area contributed by atoms with Crippen LogP contribution in [0.25, 0.3) is 0 Å². The number of nitrogens with one attached hydrogen (secondary N) is 2. The van der Waals surface area contributed by atoms with Gasteiger partial charge < -0.3 is 15.7 Å². The molecule has 0 aliphatic carbocycles. The highest BCUT2D eigenvalue weighted by Crippen LogP contribution is 2.14. The van der Waals surface area contributed by atoms with E-state index >= 15 is 0 Å². The van der Waals surface area contributed by atoms with E-state index < -0.39 is 11.7 Å². The first-order valence-corrected chi connectivity index (χ1v) is 5.62. The zero-order chi connectivity index (χ0) is 12.7. The van der Waals surface area contributed by atoms with Crippen LogP contribution in [0.3, 0.4) is 0 Å². The van der Waals surface area contributed by atoms with Crippen molar-refractivity contribution in [2.75, 3.05) is 19.6 Å². The maximum atomic E-state index is 13.3. The molecule has 1 aromatic carbocycles. The number of benzene rings is 1. The number of hydrogen-bond acceptors (Lipinski definition) is 3. The van der Waals surface area contributed by atoms with E-state index in [0.717, 1.165) is 19.0 Å². The van der Waals surface area contributed by atoms with Crippen LogP contribution in [0.15, 0.2) is 18.2 Å². The minimum atomic E-state index is -0.719. The van der Waals surface area contributed by atoms with Crippen LogP contribution in [0.5, 0.6) is 5.75 Å². The molecule has 0 fully saturated rings. The van der Waals surface area contributed by atoms with Crippen molar-refractivity contribution in [3.8, 4) is 5.75 Å². The number of phenols is 1. The number of amides is 1. The summed E-state index contributed by atoms with van der Waals surface area (Å²) in [6, 6.07) is 3.47. The predicted molar refractivity (Wildman–Crippen MR) is 63.6 cm³/mol. The van der Waals surface area contributed by atoms with Crippen molar-refractivity contribution in [1.82, 2.24) is 10.6 Å². The third kappa shape index (κ3) is 4.40. The van der Waals surface area contributed by atoms with E-state index in [4.69, 9.17) is 5.11 Å². The summed E-state index contributed by atoms with van der Waals surface area (Å²) in [7, 11) is 0. The zero-order valence-electron chi connectivity index (χ0n) is 9.79. The number of carbonyl (C=O) groups is 1. The molecule has 0 saturated heterocycles. The second-order valence-corrected chi connectivity index (χ2v) is 3.67. The third-order valence-electron chi connectivity index (χ3n) is 2.21. The molecule has 0 heterocycles. The molecule has 1 amide bonds. The van der Waals surface area contributed by atoms with Crippen molar-refractivity contribution in [1.29, 1.82) is 0 Å². The number of carbonyl (C=O) groups excluding carboxylic acids is 1. The molecular formula is C12H17FN2O2. The van der Waals surface area contributed by atoms with Crippen molar-refractivity contribution < 1.29 is 14.3 Å². The lowest BCUT2D eigenvalue weighted by molar-refractivity contribution is 0.0950. The van der Waals surface area contributed by atoms with E-state index in [-0.39, 0.29) is 11.3 Å². The summed E-state index contributed by atoms with van der Waals surface area (Å²) < 4.78 is 13.3. The van der Waals surface area contributed by atoms with Gasteiger partial charge in [-0.1, -0.05) is 6.92 Å². The second kappa shape index (κ2) is 6.85. The van der Waals surface area contributed by atoms with Gasteiger partial charge in [-0.25, -0.2) is 4.39 Å². The van der Waals surface area contributed by atoms with Crippen LogP contribution in [0, 0.1) is 5.82 Å². The molecule has 4 nitrogen and oxygen atoms in total. The molecule has 0 aliphatic heterocycles. The molecule has 0 radical (unpaired) electrons. The molecule has 5 heteroatoms. The normalized spacial score (nSPS) is 10.2. The van der Waals surface area contributed by atoms with E-state index in [1.165, 1.54) is 12.1 Å². The van der Waals surface area contributed by atoms with Crippen molar-refractivity contribution in [2.45, 2.75) is 13.3 Å². The van der Waals surface area contributed by atoms with Crippen molar-refractivity contribution in [2.24, 2.45) is 0 Å². The molecule has 0 atom stereocenters. The van der Waals surface area contributed by atoms with Gasteiger partial charge in [0.05, 0.1) is 5.56 Å². The fourth-order valence-corrected chi connectivity index (χ4v) is 1.35. The van der Waals surface area contributed by atoms with Crippen LogP contribution in [-0.4, -0.2) is 30.6 Å². The van der Waals surface area contributed by atoms with Crippen LogP contribution in [0.1, 0.15) is 23.7 Å². The quantitative estimate of drug-likeness (QED) is 0.656. The Labute approximate surface area is 99.8 Å². The van der Waals surface area contributed by atoms with Gasteiger partial charge in [-0.3, -0.25) is 4.79 Å². The van der Waals surface area contributed by atoms with Crippen molar-refractivity contribution in [3.63, 3.8) is 0 Å². The number of halogens is 1. The topological polar surface area (TPSA) is 61.4 Å². The predicted octanol–water partition coefficient (Wildman–Crippen LogP) is 1.26. The Bertz CT molecular complexity index is 383. The summed E-state index contributed by atoms with van der Waals surface area (Å²) >= 11 is 0. The molecule has 0 saturated carbocycles. The van der Waals surface area contributed by atoms with Crippen LogP contribution in [0.4, 0.5) is 4.39 Å². The summed E-state index contributed by atoms with van der Waals surface area (Å²) in [4.78, 5) is 11.5. The molecule has 94 valence electrons. The van der Waals surface area contributed by atoms with E-state index in [1.807, 2.05) is 0 Å². The highest BCUT2D eigenvalue weighted by atomic mass is 19.1. The van der Waals surface area contributed by atoms with Crippen LogP contribution >= 0.6 is 0 Å². The van der Waals surface area contributed by atoms with E-state index in [9.17, 15) is 9.18 Å². The molecule has 0 bridgehead atoms. The van der Waals surface area contributed by atoms with Crippen LogP contribution < -0.4 is 10.6 Å². The Morgan fingerprint density at radius 3 is 2.76 bits per heavy atom. The monoisotopic (exact) mass is 240 g/mol. The first-order chi connectivity index (χ1) is 8.15. The van der Waals surface area contributed by atoms with E-state index in [0.29, 0.717) is 13.1 Å². The maximum absolute atomic E-state index is 13.3. The van der Waals surface area contributed by atoms with Crippen molar-refractivity contribution >= 4 is 5.91 Å². The Kier molecular flexibility index (Phi) is 5.42. The minimum Gasteiger partial charge on any atom is -0.508 e. The van der Waals surface area contributed by atoms with E-state index in [1.54, 1.807) is 0 Å². The van der Waals surface area contributed by atoms with Gasteiger partial charge in [-0.05, 0) is 25.1 Å². The summed E-state index contributed by atoms with van der Waals surface area (Å²) in [5.41, 5.74) is -0.0571. The Morgan fingerprint density at radius 2 is 2.12 bits per heavy atom. The van der Waals surface area contributed by atoms with Gasteiger partial charge in [0, 0.05) is 19.2 Å². The lowest BCUT2D eigenvalue weighted by Gasteiger charge is -2.07. The standard InChI is InChI=1S/C12H17FN2O2/c1-2-5-14-6-7-15-12(17)10-4-3-9(16)8-11(10)13/h3-4,8,14,16H,2,5-7H2,1H3,(H,15,17). The average molecular weight is 240 g/mol. The largest absolute Gasteiger partial charge is 0.508 e. The van der Waals surface area contributed by atoms with Gasteiger partial charge in [-0.2, -0.15) is 0 Å². The first-order valence-electron chi connectivity index (χ1n) is 5.62. The molecule has 1 aromatic rings. The van der Waals surface area contributed by atoms with Gasteiger partial charge in [0.2, 0.25) is 0 Å². The smallest absolute Gasteiger partial charge is 0.254 e. The highest BCUT2D eigenvalue weighted by molar-refractivity contribution is 5.94. The number of aromatic hydroxyl groups is 1. The lowest BCUT2D eigenvalue weighted by Crippen LogP contribution is -2.32. The molecule has 17 heavy (non-hydrogen) atoms. The summed E-state index contributed by atoms with van der Waals surface area (Å²) in [5.74, 6) is -1.38. The zero-order valence-corrected chi connectivity index (χ0v) is 9.79. The average Bonchev–Trinajstić information content (AvgIpc) is 2.28. The van der Waals surface area contributed by atoms with Crippen molar-refractivity contribution in [3.05, 3.63) is 29.6 Å². The fourth-order valence-electron chi connectivity index (χ4n) is 1.35. The lowest BCUT2D eigenvalue weighted by atomic mass is 10.2. The molecule has 3 N–H and O–H groups in total. The fraction of sp³-hybridized carbons (Fsp3) is 0.417. The SMILES string of the molecule is CCCNCCNC(=O)c1ccc(O)cc1F. The second-order valence-electron chi connectivity index (χ2n) is 3.67. The maximum Gasteiger partial charge on any atom is 0.254 e. The van der Waals surface area contributed by atoms with Gasteiger partial charge in [0.1, 0.15) is 11.6 Å². The summed E-state index contributed by atoms with van der Waals surface area (Å²) in [5, 5.41) is 14.7. The molecule has 0 unspecified atom stereocenters. The first kappa shape index (κ1) is 13.4. The minimum absolute atomic E-state index is 0.0571. The van der Waals surface area contributed by atoms with E-state index in [2.05, 4.69) is 17.6 Å². The molecular weight excluding hydrogens is 223 g/mol. The number of phenolic OH excluding ortho intramolecular Hbond substituents is 1. The van der Waals surface area contributed by atoms with Crippen LogP contribution in [0.2, 0.25) is 0 Å². The van der Waals surface area contributed by atoms with Gasteiger partial charge >= 0.3 is 0 Å². The molecule has 0 aliphatic rings. The Balaban J connectivity index is 2.42. The molecule has 0 aromatic heterocycles. The summed E-state index contributed by atoms with van der Waals surface area (Å²) in [6.07, 6.45) is 1.03. The Hall–Kier alpha value is -1.62. The van der Waals surface area contributed by atoms with Gasteiger partial charge in [0.15, 0.2) is 0 Å². The van der Waals surface area contributed by atoms with Gasteiger partial charge in [-0.15, -0.1) is 0 Å². The molecule has 1 rings (SSSR count).